The first-order chi connectivity index (χ1) is 13.0. The summed E-state index contributed by atoms with van der Waals surface area (Å²) in [6, 6.07) is 8.86. The molecule has 0 bridgehead atoms. The molecule has 1 aliphatic heterocycles. The van der Waals surface area contributed by atoms with Crippen molar-refractivity contribution in [2.75, 3.05) is 18.4 Å². The first-order valence-electron chi connectivity index (χ1n) is 9.36. The third-order valence-electron chi connectivity index (χ3n) is 4.97. The normalized spacial score (nSPS) is 14.7. The number of pyridine rings is 1. The Morgan fingerprint density at radius 1 is 1.22 bits per heavy atom. The van der Waals surface area contributed by atoms with Gasteiger partial charge in [-0.2, -0.15) is 0 Å². The summed E-state index contributed by atoms with van der Waals surface area (Å²) >= 11 is 0. The minimum Gasteiger partial charge on any atom is -0.339 e. The number of amides is 3. The fraction of sp³-hybridized carbons (Fsp3) is 0.381. The van der Waals surface area contributed by atoms with Gasteiger partial charge in [0.15, 0.2) is 0 Å². The molecule has 1 fully saturated rings. The van der Waals surface area contributed by atoms with Crippen LogP contribution in [0.1, 0.15) is 41.3 Å². The molecule has 3 rings (SSSR count). The second kappa shape index (κ2) is 8.66. The quantitative estimate of drug-likeness (QED) is 0.868. The van der Waals surface area contributed by atoms with Gasteiger partial charge in [-0.25, -0.2) is 4.79 Å². The summed E-state index contributed by atoms with van der Waals surface area (Å²) in [5.74, 6) is 0.755. The lowest BCUT2D eigenvalue weighted by atomic mass is 9.98. The lowest BCUT2D eigenvalue weighted by Gasteiger charge is -2.30. The maximum atomic E-state index is 12.7. The molecular weight excluding hydrogens is 340 g/mol. The van der Waals surface area contributed by atoms with Crippen molar-refractivity contribution in [1.29, 1.82) is 0 Å². The number of piperidine rings is 1. The van der Waals surface area contributed by atoms with E-state index in [1.807, 2.05) is 30.0 Å². The Kier molecular flexibility index (Phi) is 6.06. The number of nitrogens with zero attached hydrogens (tertiary/aromatic N) is 2. The van der Waals surface area contributed by atoms with E-state index in [9.17, 15) is 9.59 Å². The zero-order valence-electron chi connectivity index (χ0n) is 15.9. The zero-order valence-corrected chi connectivity index (χ0v) is 15.9. The summed E-state index contributed by atoms with van der Waals surface area (Å²) in [5.41, 5.74) is 3.16. The van der Waals surface area contributed by atoms with Gasteiger partial charge in [0.05, 0.1) is 0 Å². The van der Waals surface area contributed by atoms with E-state index in [2.05, 4.69) is 22.5 Å². The van der Waals surface area contributed by atoms with E-state index in [1.54, 1.807) is 24.5 Å². The number of benzene rings is 1. The van der Waals surface area contributed by atoms with Gasteiger partial charge in [-0.05, 0) is 61.1 Å². The molecule has 6 nitrogen and oxygen atoms in total. The van der Waals surface area contributed by atoms with E-state index in [0.29, 0.717) is 23.7 Å². The van der Waals surface area contributed by atoms with E-state index in [-0.39, 0.29) is 11.9 Å². The Hall–Kier alpha value is -2.89. The third kappa shape index (κ3) is 5.06. The van der Waals surface area contributed by atoms with Gasteiger partial charge in [0, 0.05) is 43.3 Å². The van der Waals surface area contributed by atoms with Crippen molar-refractivity contribution in [3.8, 4) is 0 Å². The number of carbonyl (C=O) groups excluding carboxylic acids is 2. The van der Waals surface area contributed by atoms with Crippen LogP contribution in [0.3, 0.4) is 0 Å². The topological polar surface area (TPSA) is 74.3 Å². The van der Waals surface area contributed by atoms with Crippen LogP contribution in [0.15, 0.2) is 42.7 Å². The number of likely N-dealkylation sites (tertiary alicyclic amines) is 1. The minimum absolute atomic E-state index is 0.0672. The molecule has 0 saturated carbocycles. The van der Waals surface area contributed by atoms with E-state index in [4.69, 9.17) is 0 Å². The molecule has 2 aromatic rings. The first kappa shape index (κ1) is 18.9. The van der Waals surface area contributed by atoms with Gasteiger partial charge in [0.1, 0.15) is 0 Å². The fourth-order valence-corrected chi connectivity index (χ4v) is 3.18. The number of rotatable bonds is 4. The summed E-state index contributed by atoms with van der Waals surface area (Å²) in [6.07, 6.45) is 5.52. The molecule has 2 N–H and O–H groups in total. The SMILES string of the molecule is Cc1cc(C(=O)N2CCC(C)CC2)ccc1NC(=O)NCc1cccnc1. The van der Waals surface area contributed by atoms with Crippen LogP contribution in [0.5, 0.6) is 0 Å². The number of nitrogens with one attached hydrogen (secondary N) is 2. The molecule has 2 heterocycles. The number of aromatic nitrogens is 1. The predicted octanol–water partition coefficient (Wildman–Crippen LogP) is 3.58. The second-order valence-corrected chi connectivity index (χ2v) is 7.17. The van der Waals surface area contributed by atoms with Crippen molar-refractivity contribution in [3.05, 3.63) is 59.4 Å². The van der Waals surface area contributed by atoms with Crippen LogP contribution in [0.25, 0.3) is 0 Å². The van der Waals surface area contributed by atoms with E-state index in [0.717, 1.165) is 37.1 Å². The molecule has 0 unspecified atom stereocenters. The molecule has 1 saturated heterocycles. The van der Waals surface area contributed by atoms with Gasteiger partial charge < -0.3 is 15.5 Å². The van der Waals surface area contributed by atoms with E-state index < -0.39 is 0 Å². The third-order valence-corrected chi connectivity index (χ3v) is 4.97. The number of aryl methyl sites for hydroxylation is 1. The predicted molar refractivity (Wildman–Crippen MR) is 106 cm³/mol. The molecule has 142 valence electrons. The van der Waals surface area contributed by atoms with Gasteiger partial charge in [0.2, 0.25) is 0 Å². The molecule has 0 aliphatic carbocycles. The minimum atomic E-state index is -0.286. The number of anilines is 1. The maximum Gasteiger partial charge on any atom is 0.319 e. The highest BCUT2D eigenvalue weighted by Gasteiger charge is 2.21. The molecular formula is C21H26N4O2. The molecule has 27 heavy (non-hydrogen) atoms. The van der Waals surface area contributed by atoms with Gasteiger partial charge >= 0.3 is 6.03 Å². The summed E-state index contributed by atoms with van der Waals surface area (Å²) in [5, 5.41) is 5.64. The summed E-state index contributed by atoms with van der Waals surface area (Å²) in [4.78, 5) is 30.7. The Morgan fingerprint density at radius 2 is 2.00 bits per heavy atom. The lowest BCUT2D eigenvalue weighted by Crippen LogP contribution is -2.37. The summed E-state index contributed by atoms with van der Waals surface area (Å²) in [6.45, 7) is 6.16. The van der Waals surface area contributed by atoms with Crippen molar-refractivity contribution in [3.63, 3.8) is 0 Å². The van der Waals surface area contributed by atoms with Crippen molar-refractivity contribution in [1.82, 2.24) is 15.2 Å². The largest absolute Gasteiger partial charge is 0.339 e. The molecule has 0 radical (unpaired) electrons. The molecule has 3 amide bonds. The van der Waals surface area contributed by atoms with Crippen molar-refractivity contribution >= 4 is 17.6 Å². The Balaban J connectivity index is 1.57. The van der Waals surface area contributed by atoms with Crippen LogP contribution < -0.4 is 10.6 Å². The first-order valence-corrected chi connectivity index (χ1v) is 9.36. The maximum absolute atomic E-state index is 12.7. The van der Waals surface area contributed by atoms with E-state index in [1.165, 1.54) is 0 Å². The summed E-state index contributed by atoms with van der Waals surface area (Å²) < 4.78 is 0. The number of carbonyl (C=O) groups is 2. The van der Waals surface area contributed by atoms with Crippen LogP contribution in [-0.4, -0.2) is 34.9 Å². The highest BCUT2D eigenvalue weighted by atomic mass is 16.2. The van der Waals surface area contributed by atoms with Gasteiger partial charge in [0.25, 0.3) is 5.91 Å². The van der Waals surface area contributed by atoms with Crippen molar-refractivity contribution in [2.24, 2.45) is 5.92 Å². The van der Waals surface area contributed by atoms with Crippen LogP contribution in [-0.2, 0) is 6.54 Å². The summed E-state index contributed by atoms with van der Waals surface area (Å²) in [7, 11) is 0. The van der Waals surface area contributed by atoms with Gasteiger partial charge in [-0.15, -0.1) is 0 Å². The Bertz CT molecular complexity index is 799. The molecule has 1 aliphatic rings. The number of hydrogen-bond acceptors (Lipinski definition) is 3. The number of hydrogen-bond donors (Lipinski definition) is 2. The molecule has 6 heteroatoms. The second-order valence-electron chi connectivity index (χ2n) is 7.17. The van der Waals surface area contributed by atoms with Crippen LogP contribution in [0, 0.1) is 12.8 Å². The zero-order chi connectivity index (χ0) is 19.2. The Labute approximate surface area is 160 Å². The average molecular weight is 366 g/mol. The van der Waals surface area contributed by atoms with Crippen LogP contribution in [0.4, 0.5) is 10.5 Å². The standard InChI is InChI=1S/C21H26N4O2/c1-15-7-10-25(11-8-15)20(26)18-5-6-19(16(2)12-18)24-21(27)23-14-17-4-3-9-22-13-17/h3-6,9,12-13,15H,7-8,10-11,14H2,1-2H3,(H2,23,24,27). The van der Waals surface area contributed by atoms with Crippen LogP contribution >= 0.6 is 0 Å². The van der Waals surface area contributed by atoms with Gasteiger partial charge in [-0.1, -0.05) is 13.0 Å². The monoisotopic (exact) mass is 366 g/mol. The average Bonchev–Trinajstić information content (AvgIpc) is 2.69. The van der Waals surface area contributed by atoms with Gasteiger partial charge in [-0.3, -0.25) is 9.78 Å². The van der Waals surface area contributed by atoms with Crippen molar-refractivity contribution < 1.29 is 9.59 Å². The molecule has 1 aromatic carbocycles. The lowest BCUT2D eigenvalue weighted by molar-refractivity contribution is 0.0697. The molecule has 1 aromatic heterocycles. The highest BCUT2D eigenvalue weighted by Crippen LogP contribution is 2.21. The van der Waals surface area contributed by atoms with Crippen molar-refractivity contribution in [2.45, 2.75) is 33.2 Å². The highest BCUT2D eigenvalue weighted by molar-refractivity contribution is 5.96. The van der Waals surface area contributed by atoms with E-state index >= 15 is 0 Å². The smallest absolute Gasteiger partial charge is 0.319 e. The molecule has 0 spiro atoms. The fourth-order valence-electron chi connectivity index (χ4n) is 3.18. The Morgan fingerprint density at radius 3 is 2.67 bits per heavy atom. The molecule has 0 atom stereocenters. The van der Waals surface area contributed by atoms with Crippen LogP contribution in [0.2, 0.25) is 0 Å². The number of urea groups is 1.